The van der Waals surface area contributed by atoms with Gasteiger partial charge in [0.25, 0.3) is 5.91 Å². The number of carbonyl (C=O) groups excluding carboxylic acids is 1. The summed E-state index contributed by atoms with van der Waals surface area (Å²) in [6.45, 7) is 2.21. The highest BCUT2D eigenvalue weighted by atomic mass is 32.2. The second kappa shape index (κ2) is 9.07. The molecule has 0 spiro atoms. The summed E-state index contributed by atoms with van der Waals surface area (Å²) in [4.78, 5) is 13.3. The fraction of sp³-hybridized carbons (Fsp3) is 0.389. The number of benzene rings is 1. The van der Waals surface area contributed by atoms with Crippen molar-refractivity contribution in [2.24, 2.45) is 5.10 Å². The summed E-state index contributed by atoms with van der Waals surface area (Å²) in [5, 5.41) is 5.87. The molecule has 0 unspecified atom stereocenters. The number of allylic oxidation sites excluding steroid dienone is 1. The zero-order valence-corrected chi connectivity index (χ0v) is 17.3. The summed E-state index contributed by atoms with van der Waals surface area (Å²) in [6.07, 6.45) is 9.11. The molecule has 1 aromatic carbocycles. The number of nitrogens with zero attached hydrogens (tertiary/aromatic N) is 2. The molecule has 132 valence electrons. The molecule has 3 nitrogen and oxygen atoms in total. The quantitative estimate of drug-likeness (QED) is 0.326. The Balaban J connectivity index is 1.68. The Morgan fingerprint density at radius 1 is 1.12 bits per heavy atom. The number of thiocarbonyl (C=S) groups is 1. The van der Waals surface area contributed by atoms with Crippen molar-refractivity contribution in [2.75, 3.05) is 0 Å². The molecule has 1 aromatic heterocycles. The van der Waals surface area contributed by atoms with Crippen LogP contribution in [0.5, 0.6) is 0 Å². The minimum atomic E-state index is -0.0896. The van der Waals surface area contributed by atoms with Gasteiger partial charge in [0, 0.05) is 9.40 Å². The van der Waals surface area contributed by atoms with Gasteiger partial charge < -0.3 is 0 Å². The monoisotopic (exact) mass is 408 g/mol. The molecule has 1 aliphatic heterocycles. The van der Waals surface area contributed by atoms with E-state index < -0.39 is 0 Å². The number of rotatable bonds is 7. The number of thioether (sulfide) groups is 1. The standard InChI is InChI=1S/C18H20N2OS4/c1-2-3-4-5-6-7-12-15-16(21)20(18(22)25-15)19-17-23-13-10-8-9-11-14(13)24-17/h8-12H,2-7H2,1H3. The Morgan fingerprint density at radius 2 is 1.80 bits per heavy atom. The summed E-state index contributed by atoms with van der Waals surface area (Å²) in [5.74, 6) is -0.0896. The van der Waals surface area contributed by atoms with Crippen LogP contribution < -0.4 is 3.98 Å². The maximum absolute atomic E-state index is 12.6. The fourth-order valence-electron chi connectivity index (χ4n) is 2.51. The van der Waals surface area contributed by atoms with Crippen LogP contribution >= 0.6 is 46.7 Å². The normalized spacial score (nSPS) is 16.4. The molecule has 1 aliphatic rings. The highest BCUT2D eigenvalue weighted by Crippen LogP contribution is 2.32. The maximum atomic E-state index is 12.6. The summed E-state index contributed by atoms with van der Waals surface area (Å²) in [7, 11) is 0. The first-order valence-corrected chi connectivity index (χ1v) is 11.3. The first-order valence-electron chi connectivity index (χ1n) is 8.49. The lowest BCUT2D eigenvalue weighted by Gasteiger charge is -2.04. The molecular weight excluding hydrogens is 388 g/mol. The Morgan fingerprint density at radius 3 is 2.48 bits per heavy atom. The fourth-order valence-corrected chi connectivity index (χ4v) is 5.89. The number of hydrogen-bond acceptors (Lipinski definition) is 6. The van der Waals surface area contributed by atoms with Crippen LogP contribution in [0.2, 0.25) is 0 Å². The average molecular weight is 409 g/mol. The van der Waals surface area contributed by atoms with Gasteiger partial charge in [0.05, 0.1) is 4.91 Å². The Kier molecular flexibility index (Phi) is 6.81. The zero-order valence-electron chi connectivity index (χ0n) is 14.1. The van der Waals surface area contributed by atoms with Crippen LogP contribution in [-0.4, -0.2) is 15.2 Å². The van der Waals surface area contributed by atoms with E-state index in [1.54, 1.807) is 22.7 Å². The van der Waals surface area contributed by atoms with E-state index in [9.17, 15) is 4.79 Å². The molecule has 3 rings (SSSR count). The van der Waals surface area contributed by atoms with Crippen molar-refractivity contribution < 1.29 is 4.79 Å². The van der Waals surface area contributed by atoms with Crippen molar-refractivity contribution in [1.29, 1.82) is 0 Å². The Bertz CT molecular complexity index is 829. The number of hydrogen-bond donors (Lipinski definition) is 0. The summed E-state index contributed by atoms with van der Waals surface area (Å²) in [6, 6.07) is 8.16. The van der Waals surface area contributed by atoms with E-state index in [1.165, 1.54) is 51.9 Å². The number of amides is 1. The van der Waals surface area contributed by atoms with Crippen LogP contribution in [0.25, 0.3) is 9.40 Å². The van der Waals surface area contributed by atoms with Crippen LogP contribution in [-0.2, 0) is 4.79 Å². The van der Waals surface area contributed by atoms with E-state index in [2.05, 4.69) is 24.2 Å². The summed E-state index contributed by atoms with van der Waals surface area (Å²) < 4.78 is 3.73. The van der Waals surface area contributed by atoms with E-state index in [0.717, 1.165) is 21.7 Å². The van der Waals surface area contributed by atoms with Crippen LogP contribution in [0.1, 0.15) is 45.4 Å². The maximum Gasteiger partial charge on any atom is 0.286 e. The molecule has 2 aromatic rings. The van der Waals surface area contributed by atoms with E-state index in [0.29, 0.717) is 4.32 Å². The molecular formula is C18H20N2OS4. The average Bonchev–Trinajstić information content (AvgIpc) is 3.14. The van der Waals surface area contributed by atoms with Gasteiger partial charge in [-0.2, -0.15) is 5.01 Å². The van der Waals surface area contributed by atoms with Crippen molar-refractivity contribution in [2.45, 2.75) is 45.4 Å². The molecule has 0 saturated carbocycles. The van der Waals surface area contributed by atoms with Gasteiger partial charge in [0.2, 0.25) is 0 Å². The minimum Gasteiger partial charge on any atom is -0.266 e. The van der Waals surface area contributed by atoms with Crippen molar-refractivity contribution in [3.05, 3.63) is 39.2 Å². The lowest BCUT2D eigenvalue weighted by molar-refractivity contribution is -0.122. The predicted octanol–water partition coefficient (Wildman–Crippen LogP) is 5.88. The van der Waals surface area contributed by atoms with Gasteiger partial charge in [-0.15, -0.1) is 27.8 Å². The lowest BCUT2D eigenvalue weighted by Crippen LogP contribution is -2.23. The highest BCUT2D eigenvalue weighted by molar-refractivity contribution is 8.26. The highest BCUT2D eigenvalue weighted by Gasteiger charge is 2.32. The van der Waals surface area contributed by atoms with Crippen LogP contribution in [0.3, 0.4) is 0 Å². The Hall–Kier alpha value is -1.02. The number of fused-ring (bicyclic) bond motifs is 1. The van der Waals surface area contributed by atoms with Gasteiger partial charge in [-0.05, 0) is 37.2 Å². The first-order chi connectivity index (χ1) is 12.2. The van der Waals surface area contributed by atoms with Gasteiger partial charge >= 0.3 is 0 Å². The number of unbranched alkanes of at least 4 members (excludes halogenated alkanes) is 5. The van der Waals surface area contributed by atoms with E-state index in [-0.39, 0.29) is 5.91 Å². The number of carbonyl (C=O) groups is 1. The molecule has 25 heavy (non-hydrogen) atoms. The Labute approximate surface area is 165 Å². The summed E-state index contributed by atoms with van der Waals surface area (Å²) >= 11 is 9.89. The molecule has 1 saturated heterocycles. The van der Waals surface area contributed by atoms with E-state index >= 15 is 0 Å². The largest absolute Gasteiger partial charge is 0.286 e. The zero-order chi connectivity index (χ0) is 17.6. The third-order valence-corrected chi connectivity index (χ3v) is 7.46. The second-order valence-corrected chi connectivity index (χ2v) is 9.77. The molecule has 0 radical (unpaired) electrons. The van der Waals surface area contributed by atoms with Crippen molar-refractivity contribution in [3.63, 3.8) is 0 Å². The molecule has 1 amide bonds. The van der Waals surface area contributed by atoms with E-state index in [4.69, 9.17) is 12.2 Å². The molecule has 7 heteroatoms. The van der Waals surface area contributed by atoms with E-state index in [1.807, 2.05) is 18.2 Å². The molecule has 0 atom stereocenters. The van der Waals surface area contributed by atoms with Crippen LogP contribution in [0.15, 0.2) is 40.3 Å². The SMILES string of the molecule is CCCCCCCC=C1SC(=S)N(N=c2sc3ccccc3s2)C1=O. The molecule has 2 heterocycles. The van der Waals surface area contributed by atoms with Crippen molar-refractivity contribution in [1.82, 2.24) is 5.01 Å². The van der Waals surface area contributed by atoms with Gasteiger partial charge in [0.15, 0.2) is 8.31 Å². The van der Waals surface area contributed by atoms with Crippen LogP contribution in [0, 0.1) is 0 Å². The molecule has 0 aliphatic carbocycles. The summed E-state index contributed by atoms with van der Waals surface area (Å²) in [5.41, 5.74) is 0. The smallest absolute Gasteiger partial charge is 0.266 e. The van der Waals surface area contributed by atoms with Gasteiger partial charge in [-0.25, -0.2) is 0 Å². The topological polar surface area (TPSA) is 32.7 Å². The predicted molar refractivity (Wildman–Crippen MR) is 114 cm³/mol. The van der Waals surface area contributed by atoms with Gasteiger partial charge in [-0.3, -0.25) is 4.79 Å². The molecule has 0 N–H and O–H groups in total. The second-order valence-electron chi connectivity index (χ2n) is 5.77. The van der Waals surface area contributed by atoms with Crippen molar-refractivity contribution >= 4 is 66.3 Å². The van der Waals surface area contributed by atoms with Crippen LogP contribution in [0.4, 0.5) is 0 Å². The lowest BCUT2D eigenvalue weighted by atomic mass is 10.1. The molecule has 1 fully saturated rings. The minimum absolute atomic E-state index is 0.0896. The molecule has 0 bridgehead atoms. The third kappa shape index (κ3) is 4.78. The first kappa shape index (κ1) is 18.8. The van der Waals surface area contributed by atoms with Gasteiger partial charge in [0.1, 0.15) is 0 Å². The van der Waals surface area contributed by atoms with Crippen molar-refractivity contribution in [3.8, 4) is 0 Å². The third-order valence-electron chi connectivity index (χ3n) is 3.84. The van der Waals surface area contributed by atoms with Gasteiger partial charge in [-0.1, -0.05) is 62.6 Å².